The van der Waals surface area contributed by atoms with E-state index in [1.807, 2.05) is 0 Å². The molecule has 1 rings (SSSR count). The van der Waals surface area contributed by atoms with Crippen LogP contribution in [0.5, 0.6) is 0 Å². The number of allylic oxidation sites excluding steroid dienone is 1. The van der Waals surface area contributed by atoms with Gasteiger partial charge in [-0.15, -0.1) is 11.3 Å². The number of alkyl halides is 4. The molecular formula is C16H20BrF3O2S. The molecule has 7 heteroatoms. The Morgan fingerprint density at radius 1 is 1.13 bits per heavy atom. The molecule has 2 nitrogen and oxygen atoms in total. The molecule has 0 radical (unpaired) electrons. The van der Waals surface area contributed by atoms with Crippen molar-refractivity contribution in [1.29, 1.82) is 0 Å². The van der Waals surface area contributed by atoms with Crippen LogP contribution in [0.1, 0.15) is 48.3 Å². The predicted molar refractivity (Wildman–Crippen MR) is 91.2 cm³/mol. The minimum Gasteiger partial charge on any atom is -0.506 e. The quantitative estimate of drug-likeness (QED) is 0.219. The van der Waals surface area contributed by atoms with Crippen LogP contribution >= 0.6 is 27.3 Å². The number of ketones is 1. The number of halogens is 4. The van der Waals surface area contributed by atoms with Crippen molar-refractivity contribution in [3.8, 4) is 0 Å². The van der Waals surface area contributed by atoms with Crippen LogP contribution in [-0.2, 0) is 11.2 Å². The van der Waals surface area contributed by atoms with Crippen molar-refractivity contribution >= 4 is 38.8 Å². The highest BCUT2D eigenvalue weighted by Gasteiger charge is 2.37. The number of unbranched alkanes of at least 4 members (excludes halogenated alkanes) is 5. The van der Waals surface area contributed by atoms with Crippen LogP contribution in [-0.4, -0.2) is 22.4 Å². The molecule has 0 spiro atoms. The smallest absolute Gasteiger partial charge is 0.454 e. The molecule has 1 heterocycles. The van der Waals surface area contributed by atoms with Crippen molar-refractivity contribution in [2.24, 2.45) is 0 Å². The van der Waals surface area contributed by atoms with Gasteiger partial charge in [0.2, 0.25) is 0 Å². The molecular weight excluding hydrogens is 393 g/mol. The lowest BCUT2D eigenvalue weighted by molar-refractivity contribution is -0.165. The molecule has 0 bridgehead atoms. The van der Waals surface area contributed by atoms with E-state index in [0.29, 0.717) is 0 Å². The van der Waals surface area contributed by atoms with Gasteiger partial charge in [-0.3, -0.25) is 4.79 Å². The SMILES string of the molecule is O=C(/C=C(\O)c1ccc(CCCCCCCCBr)s1)C(F)(F)F. The molecule has 0 aromatic carbocycles. The largest absolute Gasteiger partial charge is 0.506 e. The number of aliphatic hydroxyl groups excluding tert-OH is 1. The second-order valence-corrected chi connectivity index (χ2v) is 7.18. The summed E-state index contributed by atoms with van der Waals surface area (Å²) in [7, 11) is 0. The standard InChI is InChI=1S/C16H20BrF3O2S/c17-10-6-4-2-1-3-5-7-12-8-9-14(23-12)13(21)11-15(22)16(18,19)20/h8-9,11,21H,1-7,10H2/b13-11-. The monoisotopic (exact) mass is 412 g/mol. The number of hydrogen-bond donors (Lipinski definition) is 1. The summed E-state index contributed by atoms with van der Waals surface area (Å²) >= 11 is 4.62. The molecule has 0 fully saturated rings. The third-order valence-corrected chi connectivity index (χ3v) is 5.00. The molecule has 1 N–H and O–H groups in total. The topological polar surface area (TPSA) is 37.3 Å². The van der Waals surface area contributed by atoms with Crippen molar-refractivity contribution in [3.05, 3.63) is 28.0 Å². The molecule has 1 aromatic heterocycles. The maximum absolute atomic E-state index is 12.1. The van der Waals surface area contributed by atoms with Crippen LogP contribution in [0.25, 0.3) is 5.76 Å². The van der Waals surface area contributed by atoms with E-state index in [2.05, 4.69) is 15.9 Å². The van der Waals surface area contributed by atoms with E-state index >= 15 is 0 Å². The van der Waals surface area contributed by atoms with E-state index < -0.39 is 17.7 Å². The minimum absolute atomic E-state index is 0.236. The van der Waals surface area contributed by atoms with Gasteiger partial charge in [-0.1, -0.05) is 41.6 Å². The van der Waals surface area contributed by atoms with Gasteiger partial charge in [0, 0.05) is 16.3 Å². The number of thiophene rings is 1. The number of rotatable bonds is 10. The predicted octanol–water partition coefficient (Wildman–Crippen LogP) is 6.06. The van der Waals surface area contributed by atoms with Gasteiger partial charge in [0.25, 0.3) is 5.78 Å². The molecule has 0 aliphatic heterocycles. The number of carbonyl (C=O) groups excluding carboxylic acids is 1. The number of aliphatic hydroxyl groups is 1. The van der Waals surface area contributed by atoms with Gasteiger partial charge in [-0.25, -0.2) is 0 Å². The molecule has 0 saturated heterocycles. The van der Waals surface area contributed by atoms with Crippen LogP contribution in [0, 0.1) is 0 Å². The molecule has 130 valence electrons. The Labute approximate surface area is 146 Å². The zero-order valence-corrected chi connectivity index (χ0v) is 15.1. The summed E-state index contributed by atoms with van der Waals surface area (Å²) in [6.45, 7) is 0. The van der Waals surface area contributed by atoms with Gasteiger partial charge in [-0.2, -0.15) is 13.2 Å². The second-order valence-electron chi connectivity index (χ2n) is 5.22. The summed E-state index contributed by atoms with van der Waals surface area (Å²) < 4.78 is 36.4. The van der Waals surface area contributed by atoms with Gasteiger partial charge >= 0.3 is 6.18 Å². The zero-order chi connectivity index (χ0) is 17.3. The summed E-state index contributed by atoms with van der Waals surface area (Å²) in [6.07, 6.45) is 3.05. The fourth-order valence-corrected chi connectivity index (χ4v) is 3.39. The highest BCUT2D eigenvalue weighted by Crippen LogP contribution is 2.26. The Morgan fingerprint density at radius 2 is 1.74 bits per heavy atom. The van der Waals surface area contributed by atoms with Crippen LogP contribution < -0.4 is 0 Å². The third kappa shape index (κ3) is 8.01. The third-order valence-electron chi connectivity index (χ3n) is 3.27. The van der Waals surface area contributed by atoms with Crippen molar-refractivity contribution < 1.29 is 23.1 Å². The molecule has 0 saturated carbocycles. The number of hydrogen-bond acceptors (Lipinski definition) is 3. The zero-order valence-electron chi connectivity index (χ0n) is 12.7. The number of aryl methyl sites for hydroxylation is 1. The summed E-state index contributed by atoms with van der Waals surface area (Å²) in [4.78, 5) is 12.1. The minimum atomic E-state index is -4.96. The van der Waals surface area contributed by atoms with E-state index in [1.165, 1.54) is 37.0 Å². The van der Waals surface area contributed by atoms with Gasteiger partial charge in [-0.05, 0) is 31.4 Å². The molecule has 0 amide bonds. The normalized spacial score (nSPS) is 12.6. The molecule has 0 aliphatic carbocycles. The first-order valence-corrected chi connectivity index (χ1v) is 9.45. The molecule has 23 heavy (non-hydrogen) atoms. The van der Waals surface area contributed by atoms with Crippen molar-refractivity contribution in [1.82, 2.24) is 0 Å². The van der Waals surface area contributed by atoms with Crippen molar-refractivity contribution in [2.75, 3.05) is 5.33 Å². The number of carbonyl (C=O) groups is 1. The highest BCUT2D eigenvalue weighted by molar-refractivity contribution is 9.09. The lowest BCUT2D eigenvalue weighted by atomic mass is 10.1. The Morgan fingerprint density at radius 3 is 2.35 bits per heavy atom. The van der Waals surface area contributed by atoms with Crippen LogP contribution in [0.2, 0.25) is 0 Å². The molecule has 1 aromatic rings. The molecule has 0 unspecified atom stereocenters. The van der Waals surface area contributed by atoms with E-state index in [1.54, 1.807) is 12.1 Å². The van der Waals surface area contributed by atoms with Crippen molar-refractivity contribution in [2.45, 2.75) is 51.1 Å². The van der Waals surface area contributed by atoms with Gasteiger partial charge in [0.15, 0.2) is 0 Å². The van der Waals surface area contributed by atoms with Crippen molar-refractivity contribution in [3.63, 3.8) is 0 Å². The van der Waals surface area contributed by atoms with E-state index in [4.69, 9.17) is 0 Å². The second kappa shape index (κ2) is 10.1. The first-order valence-electron chi connectivity index (χ1n) is 7.51. The lowest BCUT2D eigenvalue weighted by Crippen LogP contribution is -2.20. The summed E-state index contributed by atoms with van der Waals surface area (Å²) in [6, 6.07) is 3.33. The average molecular weight is 413 g/mol. The fraction of sp³-hybridized carbons (Fsp3) is 0.562. The first kappa shape index (κ1) is 20.2. The highest BCUT2D eigenvalue weighted by atomic mass is 79.9. The Balaban J connectivity index is 2.40. The average Bonchev–Trinajstić information content (AvgIpc) is 2.94. The van der Waals surface area contributed by atoms with Crippen LogP contribution in [0.4, 0.5) is 13.2 Å². The summed E-state index contributed by atoms with van der Waals surface area (Å²) in [5.41, 5.74) is 0. The summed E-state index contributed by atoms with van der Waals surface area (Å²) in [5.74, 6) is -2.67. The van der Waals surface area contributed by atoms with E-state index in [9.17, 15) is 23.1 Å². The summed E-state index contributed by atoms with van der Waals surface area (Å²) in [5, 5.41) is 10.6. The maximum Gasteiger partial charge on any atom is 0.454 e. The maximum atomic E-state index is 12.1. The van der Waals surface area contributed by atoms with Crippen LogP contribution in [0.3, 0.4) is 0 Å². The van der Waals surface area contributed by atoms with Gasteiger partial charge in [0.05, 0.1) is 4.88 Å². The Bertz CT molecular complexity index is 524. The molecule has 0 atom stereocenters. The molecule has 0 aliphatic rings. The van der Waals surface area contributed by atoms with Crippen LogP contribution in [0.15, 0.2) is 18.2 Å². The van der Waals surface area contributed by atoms with E-state index in [-0.39, 0.29) is 11.0 Å². The Hall–Kier alpha value is -0.820. The Kier molecular flexibility index (Phi) is 8.91. The van der Waals surface area contributed by atoms with Gasteiger partial charge in [0.1, 0.15) is 5.76 Å². The first-order chi connectivity index (χ1) is 10.8. The lowest BCUT2D eigenvalue weighted by Gasteiger charge is -2.01. The fourth-order valence-electron chi connectivity index (χ4n) is 2.03. The van der Waals surface area contributed by atoms with Gasteiger partial charge < -0.3 is 5.11 Å². The van der Waals surface area contributed by atoms with E-state index in [0.717, 1.165) is 29.5 Å².